The molecule has 0 amide bonds. The Hall–Kier alpha value is -2.38. The summed E-state index contributed by atoms with van der Waals surface area (Å²) in [6.45, 7) is 13.4. The van der Waals surface area contributed by atoms with Crippen molar-refractivity contribution in [3.8, 4) is 11.5 Å². The lowest BCUT2D eigenvalue weighted by Crippen LogP contribution is -2.31. The van der Waals surface area contributed by atoms with E-state index in [1.807, 2.05) is 43.5 Å². The Balaban J connectivity index is 1.53. The van der Waals surface area contributed by atoms with Crippen molar-refractivity contribution in [2.75, 3.05) is 32.8 Å². The average molecular weight is 617 g/mol. The van der Waals surface area contributed by atoms with Crippen LogP contribution in [0.4, 0.5) is 0 Å². The second kappa shape index (κ2) is 11.8. The predicted molar refractivity (Wildman–Crippen MR) is 154 cm³/mol. The van der Waals surface area contributed by atoms with Gasteiger partial charge in [-0.25, -0.2) is 0 Å². The summed E-state index contributed by atoms with van der Waals surface area (Å²) in [5.74, 6) is 2.74. The summed E-state index contributed by atoms with van der Waals surface area (Å²) in [5, 5.41) is 3.47. The second-order valence-electron chi connectivity index (χ2n) is 9.92. The summed E-state index contributed by atoms with van der Waals surface area (Å²) in [7, 11) is 0. The zero-order chi connectivity index (χ0) is 25.7. The topological polar surface area (TPSA) is 37.0 Å². The first-order chi connectivity index (χ1) is 17.3. The molecule has 192 valence electrons. The van der Waals surface area contributed by atoms with Crippen LogP contribution in [0.25, 0.3) is 0 Å². The second-order valence-corrected chi connectivity index (χ2v) is 11.6. The Morgan fingerprint density at radius 1 is 0.917 bits per heavy atom. The molecule has 36 heavy (non-hydrogen) atoms. The summed E-state index contributed by atoms with van der Waals surface area (Å²) >= 11 is 7.47. The minimum Gasteiger partial charge on any atom is -0.490 e. The van der Waals surface area contributed by atoms with Gasteiger partial charge in [0.25, 0.3) is 0 Å². The van der Waals surface area contributed by atoms with Gasteiger partial charge in [0.05, 0.1) is 23.3 Å². The molecule has 0 spiro atoms. The maximum absolute atomic E-state index is 6.16. The van der Waals surface area contributed by atoms with Crippen molar-refractivity contribution in [2.24, 2.45) is 0 Å². The maximum atomic E-state index is 6.16. The first-order valence-corrected chi connectivity index (χ1v) is 14.0. The van der Waals surface area contributed by atoms with Crippen LogP contribution in [0.15, 0.2) is 81.3 Å². The van der Waals surface area contributed by atoms with Gasteiger partial charge in [0.2, 0.25) is 0 Å². The summed E-state index contributed by atoms with van der Waals surface area (Å²) in [6, 6.07) is 16.9. The van der Waals surface area contributed by atoms with Crippen LogP contribution in [-0.2, 0) is 12.0 Å². The molecule has 1 fully saturated rings. The van der Waals surface area contributed by atoms with Crippen LogP contribution in [-0.4, -0.2) is 42.6 Å². The van der Waals surface area contributed by atoms with Crippen molar-refractivity contribution >= 4 is 31.9 Å². The van der Waals surface area contributed by atoms with Crippen LogP contribution in [0.1, 0.15) is 38.8 Å². The van der Waals surface area contributed by atoms with Gasteiger partial charge in [0.1, 0.15) is 12.4 Å². The summed E-state index contributed by atoms with van der Waals surface area (Å²) in [5.41, 5.74) is 3.86. The summed E-state index contributed by atoms with van der Waals surface area (Å²) in [4.78, 5) is 4.85. The Labute approximate surface area is 232 Å². The Morgan fingerprint density at radius 3 is 2.25 bits per heavy atom. The van der Waals surface area contributed by atoms with Gasteiger partial charge < -0.3 is 24.6 Å². The van der Waals surface area contributed by atoms with Crippen LogP contribution in [0.5, 0.6) is 11.5 Å². The molecule has 0 bridgehead atoms. The van der Waals surface area contributed by atoms with E-state index in [4.69, 9.17) is 9.47 Å². The lowest BCUT2D eigenvalue weighted by atomic mass is 9.87. The number of dihydropyridines is 1. The van der Waals surface area contributed by atoms with E-state index in [9.17, 15) is 0 Å². The predicted octanol–water partition coefficient (Wildman–Crippen LogP) is 6.87. The molecule has 1 saturated heterocycles. The zero-order valence-corrected chi connectivity index (χ0v) is 24.7. The van der Waals surface area contributed by atoms with Gasteiger partial charge in [0.15, 0.2) is 11.5 Å². The molecule has 2 aromatic rings. The highest BCUT2D eigenvalue weighted by atomic mass is 79.9. The quantitative estimate of drug-likeness (QED) is 0.350. The first kappa shape index (κ1) is 26.7. The van der Waals surface area contributed by atoms with Gasteiger partial charge in [-0.3, -0.25) is 0 Å². The number of hydrogen-bond acceptors (Lipinski definition) is 5. The number of benzene rings is 2. The molecule has 4 rings (SSSR count). The van der Waals surface area contributed by atoms with E-state index in [0.717, 1.165) is 52.3 Å². The number of rotatable bonds is 8. The van der Waals surface area contributed by atoms with E-state index in [1.165, 1.54) is 16.9 Å². The molecule has 0 aliphatic carbocycles. The number of nitrogens with zero attached hydrogens (tertiary/aromatic N) is 2. The third kappa shape index (κ3) is 6.30. The van der Waals surface area contributed by atoms with Crippen LogP contribution < -0.4 is 14.8 Å². The monoisotopic (exact) mass is 615 g/mol. The smallest absolute Gasteiger partial charge is 0.161 e. The van der Waals surface area contributed by atoms with Crippen molar-refractivity contribution in [3.05, 3.63) is 92.4 Å². The van der Waals surface area contributed by atoms with Crippen molar-refractivity contribution in [1.29, 1.82) is 0 Å². The van der Waals surface area contributed by atoms with E-state index in [1.54, 1.807) is 0 Å². The Morgan fingerprint density at radius 2 is 1.58 bits per heavy atom. The lowest BCUT2D eigenvalue weighted by Gasteiger charge is -2.29. The molecule has 7 heteroatoms. The highest BCUT2D eigenvalue weighted by Gasteiger charge is 2.30. The van der Waals surface area contributed by atoms with Gasteiger partial charge in [0, 0.05) is 30.3 Å². The molecule has 0 saturated carbocycles. The zero-order valence-electron chi connectivity index (χ0n) is 21.5. The van der Waals surface area contributed by atoms with Crippen molar-refractivity contribution < 1.29 is 9.47 Å². The average Bonchev–Trinajstić information content (AvgIpc) is 3.24. The molecule has 0 atom stereocenters. The van der Waals surface area contributed by atoms with Crippen molar-refractivity contribution in [2.45, 2.75) is 39.7 Å². The molecule has 0 aromatic heterocycles. The molecule has 0 unspecified atom stereocenters. The van der Waals surface area contributed by atoms with E-state index in [-0.39, 0.29) is 5.41 Å². The highest BCUT2D eigenvalue weighted by Crippen LogP contribution is 2.35. The van der Waals surface area contributed by atoms with Crippen LogP contribution >= 0.6 is 31.9 Å². The third-order valence-corrected chi connectivity index (χ3v) is 8.33. The summed E-state index contributed by atoms with van der Waals surface area (Å²) in [6.07, 6.45) is 3.98. The fourth-order valence-corrected chi connectivity index (χ4v) is 5.15. The fraction of sp³-hybridized carbons (Fsp3) is 0.379. The van der Waals surface area contributed by atoms with Gasteiger partial charge in [-0.1, -0.05) is 57.2 Å². The van der Waals surface area contributed by atoms with Crippen LogP contribution in [0.2, 0.25) is 0 Å². The number of hydrogen-bond donors (Lipinski definition) is 1. The van der Waals surface area contributed by atoms with Crippen molar-refractivity contribution in [1.82, 2.24) is 15.1 Å². The minimum absolute atomic E-state index is 0.150. The molecule has 0 radical (unpaired) electrons. The normalized spacial score (nSPS) is 18.1. The Bertz CT molecular complexity index is 1150. The maximum Gasteiger partial charge on any atom is 0.161 e. The minimum atomic E-state index is 0.150. The Kier molecular flexibility index (Phi) is 8.73. The standard InChI is InChI=1S/C29H35Br2N3O2/c1-5-35-24-8-6-7-9-25(24)36-19-18-33-16-17-34(28(33)27-26(31)23(30)14-15-32-27)20-21-10-12-22(13-11-21)29(2,3)4/h6-15,32H,5,16-20H2,1-4H3. The number of nitrogens with one attached hydrogen (secondary N) is 1. The van der Waals surface area contributed by atoms with E-state index in [2.05, 4.69) is 92.0 Å². The largest absolute Gasteiger partial charge is 0.490 e. The van der Waals surface area contributed by atoms with Gasteiger partial charge in [-0.2, -0.15) is 0 Å². The number of halogens is 2. The molecule has 2 aliphatic heterocycles. The molecule has 2 aromatic carbocycles. The van der Waals surface area contributed by atoms with E-state index < -0.39 is 0 Å². The highest BCUT2D eigenvalue weighted by molar-refractivity contribution is 9.14. The van der Waals surface area contributed by atoms with E-state index >= 15 is 0 Å². The van der Waals surface area contributed by atoms with E-state index in [0.29, 0.717) is 13.2 Å². The van der Waals surface area contributed by atoms with Gasteiger partial charge in [-0.15, -0.1) is 0 Å². The molecule has 1 N–H and O–H groups in total. The number of allylic oxidation sites excluding steroid dienone is 3. The molecule has 5 nitrogen and oxygen atoms in total. The number of ether oxygens (including phenoxy) is 2. The third-order valence-electron chi connectivity index (χ3n) is 6.31. The summed E-state index contributed by atoms with van der Waals surface area (Å²) < 4.78 is 13.9. The molecular weight excluding hydrogens is 582 g/mol. The lowest BCUT2D eigenvalue weighted by molar-refractivity contribution is 0.233. The molecular formula is C29H35Br2N3O2. The fourth-order valence-electron chi connectivity index (χ4n) is 4.40. The van der Waals surface area contributed by atoms with Crippen LogP contribution in [0.3, 0.4) is 0 Å². The van der Waals surface area contributed by atoms with Gasteiger partial charge >= 0.3 is 0 Å². The SMILES string of the molecule is CCOc1ccccc1OCCN1CCN(Cc2ccc(C(C)(C)C)cc2)C1=C1NC=CC(Br)=C1Br. The van der Waals surface area contributed by atoms with Crippen LogP contribution in [0, 0.1) is 0 Å². The van der Waals surface area contributed by atoms with Crippen molar-refractivity contribution in [3.63, 3.8) is 0 Å². The number of para-hydroxylation sites is 2. The molecule has 2 heterocycles. The molecule has 2 aliphatic rings. The van der Waals surface area contributed by atoms with Gasteiger partial charge in [-0.05, 0) is 73.5 Å². The first-order valence-electron chi connectivity index (χ1n) is 12.4.